The predicted octanol–water partition coefficient (Wildman–Crippen LogP) is 2.36. The molecule has 0 atom stereocenters. The van der Waals surface area contributed by atoms with Gasteiger partial charge in [0.2, 0.25) is 0 Å². The molecule has 0 aliphatic heterocycles. The summed E-state index contributed by atoms with van der Waals surface area (Å²) in [7, 11) is 0. The van der Waals surface area contributed by atoms with E-state index in [0.29, 0.717) is 13.0 Å². The molecule has 1 N–H and O–H groups in total. The second kappa shape index (κ2) is 8.11. The van der Waals surface area contributed by atoms with Gasteiger partial charge in [-0.2, -0.15) is 0 Å². The topological polar surface area (TPSA) is 81.5 Å². The van der Waals surface area contributed by atoms with Crippen molar-refractivity contribution in [1.82, 2.24) is 5.32 Å². The molecule has 1 aromatic rings. The number of rotatable bonds is 8. The maximum atomic E-state index is 13.8. The van der Waals surface area contributed by atoms with E-state index in [2.05, 4.69) is 11.9 Å². The van der Waals surface area contributed by atoms with E-state index in [-0.39, 0.29) is 30.0 Å². The van der Waals surface area contributed by atoms with Crippen molar-refractivity contribution in [2.75, 3.05) is 19.8 Å². The van der Waals surface area contributed by atoms with Crippen LogP contribution in [-0.4, -0.2) is 30.6 Å². The van der Waals surface area contributed by atoms with Crippen LogP contribution in [0.1, 0.15) is 22.3 Å². The number of nitrogens with one attached hydrogen (secondary N) is 1. The first kappa shape index (κ1) is 16.8. The summed E-state index contributed by atoms with van der Waals surface area (Å²) in [5.41, 5.74) is -0.606. The largest absolute Gasteiger partial charge is 0.379 e. The highest BCUT2D eigenvalue weighted by Crippen LogP contribution is 2.20. The Morgan fingerprint density at radius 3 is 2.86 bits per heavy atom. The summed E-state index contributed by atoms with van der Waals surface area (Å²) in [4.78, 5) is 21.9. The van der Waals surface area contributed by atoms with Crippen LogP contribution in [-0.2, 0) is 4.74 Å². The molecule has 0 radical (unpaired) electrons. The van der Waals surface area contributed by atoms with E-state index in [4.69, 9.17) is 4.74 Å². The number of halogens is 1. The van der Waals surface area contributed by atoms with Crippen molar-refractivity contribution < 1.29 is 18.8 Å². The summed E-state index contributed by atoms with van der Waals surface area (Å²) in [5.74, 6) is -1.46. The highest BCUT2D eigenvalue weighted by Gasteiger charge is 2.19. The smallest absolute Gasteiger partial charge is 0.270 e. The van der Waals surface area contributed by atoms with Crippen LogP contribution in [0.15, 0.2) is 24.8 Å². The average molecular weight is 296 g/mol. The zero-order chi connectivity index (χ0) is 15.8. The Morgan fingerprint density at radius 2 is 2.24 bits per heavy atom. The van der Waals surface area contributed by atoms with E-state index < -0.39 is 16.6 Å². The summed E-state index contributed by atoms with van der Waals surface area (Å²) in [5, 5.41) is 13.2. The zero-order valence-corrected chi connectivity index (χ0v) is 11.7. The lowest BCUT2D eigenvalue weighted by atomic mass is 10.1. The lowest BCUT2D eigenvalue weighted by Gasteiger charge is -2.08. The molecule has 0 saturated heterocycles. The Morgan fingerprint density at radius 1 is 1.52 bits per heavy atom. The monoisotopic (exact) mass is 296 g/mol. The van der Waals surface area contributed by atoms with Crippen LogP contribution in [0.25, 0.3) is 0 Å². The van der Waals surface area contributed by atoms with Crippen LogP contribution in [0.5, 0.6) is 0 Å². The Hall–Kier alpha value is -2.28. The maximum absolute atomic E-state index is 13.8. The number of carbonyl (C=O) groups is 1. The first-order valence-electron chi connectivity index (χ1n) is 6.38. The number of benzene rings is 1. The van der Waals surface area contributed by atoms with Crippen molar-refractivity contribution in [3.05, 3.63) is 51.8 Å². The van der Waals surface area contributed by atoms with E-state index in [1.165, 1.54) is 6.92 Å². The summed E-state index contributed by atoms with van der Waals surface area (Å²) < 4.78 is 19.0. The second-order valence-electron chi connectivity index (χ2n) is 4.33. The van der Waals surface area contributed by atoms with Gasteiger partial charge in [0.1, 0.15) is 5.82 Å². The molecule has 114 valence electrons. The summed E-state index contributed by atoms with van der Waals surface area (Å²) in [6.45, 7) is 5.87. The van der Waals surface area contributed by atoms with Gasteiger partial charge in [0.25, 0.3) is 11.6 Å². The molecule has 0 saturated carbocycles. The van der Waals surface area contributed by atoms with Crippen LogP contribution in [0.3, 0.4) is 0 Å². The van der Waals surface area contributed by atoms with Gasteiger partial charge in [-0.25, -0.2) is 4.39 Å². The molecule has 6 nitrogen and oxygen atoms in total. The number of nitrogens with zero attached hydrogens (tertiary/aromatic N) is 1. The number of ether oxygens (including phenoxy) is 1. The lowest BCUT2D eigenvalue weighted by molar-refractivity contribution is -0.385. The minimum absolute atomic E-state index is 0.0524. The molecule has 0 aliphatic rings. The van der Waals surface area contributed by atoms with Crippen LogP contribution in [0.2, 0.25) is 0 Å². The van der Waals surface area contributed by atoms with E-state index in [9.17, 15) is 19.3 Å². The molecule has 0 bridgehead atoms. The van der Waals surface area contributed by atoms with Gasteiger partial charge < -0.3 is 10.1 Å². The number of hydrogen-bond acceptors (Lipinski definition) is 4. The number of hydrogen-bond donors (Lipinski definition) is 1. The molecule has 1 amide bonds. The Balaban J connectivity index is 2.65. The number of amides is 1. The van der Waals surface area contributed by atoms with Gasteiger partial charge in [0.05, 0.1) is 23.7 Å². The van der Waals surface area contributed by atoms with E-state index in [1.54, 1.807) is 6.08 Å². The second-order valence-corrected chi connectivity index (χ2v) is 4.33. The Bertz CT molecular complexity index is 546. The SMILES string of the molecule is C=CCCOCCNC(=O)c1cc([N+](=O)[O-])cc(C)c1F. The first-order valence-corrected chi connectivity index (χ1v) is 6.38. The van der Waals surface area contributed by atoms with Crippen LogP contribution >= 0.6 is 0 Å². The van der Waals surface area contributed by atoms with Crippen molar-refractivity contribution in [3.63, 3.8) is 0 Å². The van der Waals surface area contributed by atoms with Gasteiger partial charge in [-0.1, -0.05) is 6.08 Å². The summed E-state index contributed by atoms with van der Waals surface area (Å²) in [6.07, 6.45) is 2.41. The molecule has 21 heavy (non-hydrogen) atoms. The third-order valence-electron chi connectivity index (χ3n) is 2.69. The molecule has 1 rings (SSSR count). The molecular formula is C14H17FN2O4. The zero-order valence-electron chi connectivity index (χ0n) is 11.7. The Kier molecular flexibility index (Phi) is 6.48. The first-order chi connectivity index (χ1) is 9.97. The summed E-state index contributed by atoms with van der Waals surface area (Å²) >= 11 is 0. The fourth-order valence-electron chi connectivity index (χ4n) is 1.62. The fraction of sp³-hybridized carbons (Fsp3) is 0.357. The van der Waals surface area contributed by atoms with Crippen molar-refractivity contribution in [3.8, 4) is 0 Å². The minimum atomic E-state index is -0.759. The standard InChI is InChI=1S/C14H17FN2O4/c1-3-4-6-21-7-5-16-14(18)12-9-11(17(19)20)8-10(2)13(12)15/h3,8-9H,1,4-7H2,2H3,(H,16,18). The maximum Gasteiger partial charge on any atom is 0.270 e. The lowest BCUT2D eigenvalue weighted by Crippen LogP contribution is -2.28. The molecule has 0 aromatic heterocycles. The van der Waals surface area contributed by atoms with Crippen molar-refractivity contribution in [1.29, 1.82) is 0 Å². The highest BCUT2D eigenvalue weighted by atomic mass is 19.1. The quantitative estimate of drug-likeness (QED) is 0.345. The number of nitro groups is 1. The molecule has 0 fully saturated rings. The van der Waals surface area contributed by atoms with Gasteiger partial charge >= 0.3 is 0 Å². The van der Waals surface area contributed by atoms with Crippen LogP contribution in [0.4, 0.5) is 10.1 Å². The van der Waals surface area contributed by atoms with Gasteiger partial charge in [-0.3, -0.25) is 14.9 Å². The van der Waals surface area contributed by atoms with Gasteiger partial charge in [0.15, 0.2) is 0 Å². The minimum Gasteiger partial charge on any atom is -0.379 e. The highest BCUT2D eigenvalue weighted by molar-refractivity contribution is 5.95. The normalized spacial score (nSPS) is 10.2. The van der Waals surface area contributed by atoms with E-state index >= 15 is 0 Å². The third-order valence-corrected chi connectivity index (χ3v) is 2.69. The van der Waals surface area contributed by atoms with Crippen molar-refractivity contribution in [2.24, 2.45) is 0 Å². The van der Waals surface area contributed by atoms with Crippen LogP contribution < -0.4 is 5.32 Å². The van der Waals surface area contributed by atoms with E-state index in [1.807, 2.05) is 0 Å². The third kappa shape index (κ3) is 4.96. The number of nitro benzene ring substituents is 1. The van der Waals surface area contributed by atoms with E-state index in [0.717, 1.165) is 12.1 Å². The Labute approximate surface area is 121 Å². The molecular weight excluding hydrogens is 279 g/mol. The average Bonchev–Trinajstić information content (AvgIpc) is 2.44. The number of carbonyl (C=O) groups excluding carboxylic acids is 1. The molecule has 1 aromatic carbocycles. The van der Waals surface area contributed by atoms with Gasteiger partial charge in [0, 0.05) is 18.7 Å². The molecule has 0 aliphatic carbocycles. The fourth-order valence-corrected chi connectivity index (χ4v) is 1.62. The van der Waals surface area contributed by atoms with Gasteiger partial charge in [-0.05, 0) is 18.9 Å². The molecule has 0 heterocycles. The number of aryl methyl sites for hydroxylation is 1. The van der Waals surface area contributed by atoms with Gasteiger partial charge in [-0.15, -0.1) is 6.58 Å². The molecule has 0 unspecified atom stereocenters. The van der Waals surface area contributed by atoms with Crippen molar-refractivity contribution in [2.45, 2.75) is 13.3 Å². The van der Waals surface area contributed by atoms with Crippen molar-refractivity contribution >= 4 is 11.6 Å². The molecule has 7 heteroatoms. The summed E-state index contributed by atoms with van der Waals surface area (Å²) in [6, 6.07) is 2.01. The van der Waals surface area contributed by atoms with Crippen LogP contribution in [0, 0.1) is 22.9 Å². The number of non-ortho nitro benzene ring substituents is 1. The predicted molar refractivity (Wildman–Crippen MR) is 75.8 cm³/mol. The molecule has 0 spiro atoms.